The van der Waals surface area contributed by atoms with Crippen molar-refractivity contribution in [3.63, 3.8) is 0 Å². The molecule has 0 saturated heterocycles. The second-order valence-electron chi connectivity index (χ2n) is 8.25. The molecule has 1 aromatic carbocycles. The van der Waals surface area contributed by atoms with E-state index in [0.717, 1.165) is 34.0 Å². The maximum atomic E-state index is 12.8. The van der Waals surface area contributed by atoms with Crippen molar-refractivity contribution in [2.24, 2.45) is 0 Å². The van der Waals surface area contributed by atoms with Crippen LogP contribution < -0.4 is 9.47 Å². The van der Waals surface area contributed by atoms with Crippen LogP contribution in [0.1, 0.15) is 22.6 Å². The van der Waals surface area contributed by atoms with Crippen LogP contribution in [0.3, 0.4) is 0 Å². The zero-order valence-electron chi connectivity index (χ0n) is 20.5. The van der Waals surface area contributed by atoms with Gasteiger partial charge in [0.2, 0.25) is 5.88 Å². The lowest BCUT2D eigenvalue weighted by Gasteiger charge is -2.18. The van der Waals surface area contributed by atoms with Crippen LogP contribution in [0.4, 0.5) is 0 Å². The first kappa shape index (κ1) is 23.9. The van der Waals surface area contributed by atoms with Crippen LogP contribution in [0.5, 0.6) is 11.6 Å². The monoisotopic (exact) mass is 472 g/mol. The smallest absolute Gasteiger partial charge is 0.260 e. The summed E-state index contributed by atoms with van der Waals surface area (Å²) < 4.78 is 12.8. The van der Waals surface area contributed by atoms with Gasteiger partial charge in [-0.1, -0.05) is 6.07 Å². The van der Waals surface area contributed by atoms with E-state index in [4.69, 9.17) is 14.5 Å². The number of methoxy groups -OCH3 is 1. The summed E-state index contributed by atoms with van der Waals surface area (Å²) in [4.78, 5) is 27.9. The molecule has 9 heteroatoms. The Labute approximate surface area is 204 Å². The number of ether oxygens (including phenoxy) is 2. The van der Waals surface area contributed by atoms with Crippen LogP contribution in [0, 0.1) is 20.8 Å². The van der Waals surface area contributed by atoms with Crippen molar-refractivity contribution in [3.8, 4) is 28.8 Å². The molecule has 0 aliphatic rings. The zero-order chi connectivity index (χ0) is 24.9. The van der Waals surface area contributed by atoms with Gasteiger partial charge in [-0.05, 0) is 62.7 Å². The molecule has 0 N–H and O–H groups in total. The van der Waals surface area contributed by atoms with Crippen molar-refractivity contribution in [2.75, 3.05) is 20.8 Å². The number of hydrogen-bond donors (Lipinski definition) is 0. The number of amides is 1. The molecular formula is C26H28N6O3. The van der Waals surface area contributed by atoms with Crippen molar-refractivity contribution < 1.29 is 14.3 Å². The van der Waals surface area contributed by atoms with Crippen molar-refractivity contribution in [3.05, 3.63) is 77.4 Å². The summed E-state index contributed by atoms with van der Waals surface area (Å²) in [5.41, 5.74) is 5.12. The molecular weight excluding hydrogens is 444 g/mol. The average molecular weight is 473 g/mol. The van der Waals surface area contributed by atoms with Crippen molar-refractivity contribution in [1.29, 1.82) is 0 Å². The van der Waals surface area contributed by atoms with Gasteiger partial charge in [-0.15, -0.1) is 0 Å². The minimum atomic E-state index is -0.175. The number of rotatable bonds is 8. The molecule has 0 spiro atoms. The summed E-state index contributed by atoms with van der Waals surface area (Å²) in [5, 5.41) is 4.50. The predicted octanol–water partition coefficient (Wildman–Crippen LogP) is 3.70. The van der Waals surface area contributed by atoms with E-state index in [9.17, 15) is 4.79 Å². The Balaban J connectivity index is 1.58. The standard InChI is InChI=1S/C26H28N6O3/c1-17-13-18(2)32(30-17)26-28-23(20-8-10-22(34-5)11-9-20)14-24(29-26)35-16-25(33)31(4)15-21-7-6-12-27-19(21)3/h6-14H,15-16H2,1-5H3. The van der Waals surface area contributed by atoms with Gasteiger partial charge in [-0.3, -0.25) is 9.78 Å². The van der Waals surface area contributed by atoms with Crippen molar-refractivity contribution in [1.82, 2.24) is 29.6 Å². The normalized spacial score (nSPS) is 10.8. The first-order chi connectivity index (χ1) is 16.8. The number of aromatic nitrogens is 5. The number of carbonyl (C=O) groups excluding carboxylic acids is 1. The lowest BCUT2D eigenvalue weighted by Crippen LogP contribution is -2.31. The fourth-order valence-electron chi connectivity index (χ4n) is 3.60. The van der Waals surface area contributed by atoms with Gasteiger partial charge in [-0.2, -0.15) is 10.1 Å². The van der Waals surface area contributed by atoms with Crippen LogP contribution in [0.15, 0.2) is 54.7 Å². The fraction of sp³-hybridized carbons (Fsp3) is 0.269. The molecule has 4 rings (SSSR count). The van der Waals surface area contributed by atoms with E-state index in [0.29, 0.717) is 18.2 Å². The SMILES string of the molecule is COc1ccc(-c2cc(OCC(=O)N(C)Cc3cccnc3C)nc(-n3nc(C)cc3C)n2)cc1. The van der Waals surface area contributed by atoms with Crippen LogP contribution in [0.25, 0.3) is 17.2 Å². The quantitative estimate of drug-likeness (QED) is 0.386. The molecule has 0 bridgehead atoms. The first-order valence-electron chi connectivity index (χ1n) is 11.2. The molecule has 180 valence electrons. The van der Waals surface area contributed by atoms with Gasteiger partial charge in [0.15, 0.2) is 6.61 Å². The molecule has 0 aliphatic heterocycles. The molecule has 0 saturated carbocycles. The summed E-state index contributed by atoms with van der Waals surface area (Å²) in [6.07, 6.45) is 1.74. The van der Waals surface area contributed by atoms with E-state index in [1.807, 2.05) is 63.2 Å². The molecule has 9 nitrogen and oxygen atoms in total. The molecule has 0 unspecified atom stereocenters. The molecule has 0 aliphatic carbocycles. The summed E-state index contributed by atoms with van der Waals surface area (Å²) in [5.74, 6) is 1.22. The number of likely N-dealkylation sites (N-methyl/N-ethyl adjacent to an activating group) is 1. The van der Waals surface area contributed by atoms with Crippen LogP contribution >= 0.6 is 0 Å². The van der Waals surface area contributed by atoms with Gasteiger partial charge in [0.05, 0.1) is 18.5 Å². The third-order valence-corrected chi connectivity index (χ3v) is 5.57. The summed E-state index contributed by atoms with van der Waals surface area (Å²) >= 11 is 0. The highest BCUT2D eigenvalue weighted by Gasteiger charge is 2.16. The zero-order valence-corrected chi connectivity index (χ0v) is 20.5. The number of carbonyl (C=O) groups is 1. The number of aryl methyl sites for hydroxylation is 3. The van der Waals surface area contributed by atoms with Gasteiger partial charge in [0.1, 0.15) is 5.75 Å². The van der Waals surface area contributed by atoms with Gasteiger partial charge < -0.3 is 14.4 Å². The van der Waals surface area contributed by atoms with E-state index >= 15 is 0 Å². The molecule has 1 amide bonds. The highest BCUT2D eigenvalue weighted by Crippen LogP contribution is 2.25. The summed E-state index contributed by atoms with van der Waals surface area (Å²) in [7, 11) is 3.36. The lowest BCUT2D eigenvalue weighted by molar-refractivity contribution is -0.132. The largest absolute Gasteiger partial charge is 0.497 e. The van der Waals surface area contributed by atoms with Crippen LogP contribution in [-0.4, -0.2) is 56.3 Å². The molecule has 0 fully saturated rings. The Kier molecular flexibility index (Phi) is 7.05. The Morgan fingerprint density at radius 3 is 2.49 bits per heavy atom. The van der Waals surface area contributed by atoms with E-state index < -0.39 is 0 Å². The first-order valence-corrected chi connectivity index (χ1v) is 11.2. The fourth-order valence-corrected chi connectivity index (χ4v) is 3.60. The number of hydrogen-bond acceptors (Lipinski definition) is 7. The summed E-state index contributed by atoms with van der Waals surface area (Å²) in [6.45, 7) is 6.05. The topological polar surface area (TPSA) is 95.3 Å². The molecule has 0 radical (unpaired) electrons. The molecule has 0 atom stereocenters. The second kappa shape index (κ2) is 10.3. The Morgan fingerprint density at radius 2 is 1.83 bits per heavy atom. The molecule has 4 aromatic rings. The van der Waals surface area contributed by atoms with Crippen LogP contribution in [-0.2, 0) is 11.3 Å². The van der Waals surface area contributed by atoms with Gasteiger partial charge in [0.25, 0.3) is 11.9 Å². The number of pyridine rings is 1. The number of benzene rings is 1. The highest BCUT2D eigenvalue weighted by molar-refractivity contribution is 5.77. The van der Waals surface area contributed by atoms with Crippen LogP contribution in [0.2, 0.25) is 0 Å². The van der Waals surface area contributed by atoms with Crippen molar-refractivity contribution in [2.45, 2.75) is 27.3 Å². The minimum absolute atomic E-state index is 0.161. The number of nitrogens with zero attached hydrogens (tertiary/aromatic N) is 6. The van der Waals surface area contributed by atoms with Crippen molar-refractivity contribution >= 4 is 5.91 Å². The predicted molar refractivity (Wildman–Crippen MR) is 132 cm³/mol. The van der Waals surface area contributed by atoms with E-state index in [-0.39, 0.29) is 18.4 Å². The Morgan fingerprint density at radius 1 is 1.06 bits per heavy atom. The van der Waals surface area contributed by atoms with Gasteiger partial charge in [-0.25, -0.2) is 9.67 Å². The maximum Gasteiger partial charge on any atom is 0.260 e. The minimum Gasteiger partial charge on any atom is -0.497 e. The summed E-state index contributed by atoms with van der Waals surface area (Å²) in [6, 6.07) is 15.0. The Hall–Kier alpha value is -4.27. The Bertz CT molecular complexity index is 1330. The average Bonchev–Trinajstić information content (AvgIpc) is 3.21. The molecule has 3 heterocycles. The molecule has 3 aromatic heterocycles. The van der Waals surface area contributed by atoms with Gasteiger partial charge in [0, 0.05) is 42.8 Å². The molecule has 35 heavy (non-hydrogen) atoms. The van der Waals surface area contributed by atoms with E-state index in [1.165, 1.54) is 0 Å². The van der Waals surface area contributed by atoms with Gasteiger partial charge >= 0.3 is 0 Å². The lowest BCUT2D eigenvalue weighted by atomic mass is 10.1. The van der Waals surface area contributed by atoms with E-state index in [2.05, 4.69) is 15.1 Å². The third-order valence-electron chi connectivity index (χ3n) is 5.57. The van der Waals surface area contributed by atoms with E-state index in [1.54, 1.807) is 36.0 Å². The second-order valence-corrected chi connectivity index (χ2v) is 8.25. The third kappa shape index (κ3) is 5.63. The highest BCUT2D eigenvalue weighted by atomic mass is 16.5. The maximum absolute atomic E-state index is 12.8.